The largest absolute Gasteiger partial charge is 0.490 e. The highest BCUT2D eigenvalue weighted by molar-refractivity contribution is 7.19. The van der Waals surface area contributed by atoms with E-state index in [1.54, 1.807) is 17.6 Å². The predicted octanol–water partition coefficient (Wildman–Crippen LogP) is 1.88. The number of halogens is 2. The van der Waals surface area contributed by atoms with Gasteiger partial charge in [-0.3, -0.25) is 4.79 Å². The van der Waals surface area contributed by atoms with Crippen molar-refractivity contribution in [1.29, 1.82) is 0 Å². The number of primary amides is 1. The van der Waals surface area contributed by atoms with Crippen LogP contribution in [0.3, 0.4) is 0 Å². The normalized spacial score (nSPS) is 19.5. The van der Waals surface area contributed by atoms with Crippen molar-refractivity contribution in [3.05, 3.63) is 12.3 Å². The van der Waals surface area contributed by atoms with Crippen LogP contribution in [-0.2, 0) is 16.1 Å². The number of aromatic nitrogens is 2. The molecule has 9 nitrogen and oxygen atoms in total. The molecule has 0 bridgehead atoms. The van der Waals surface area contributed by atoms with E-state index >= 15 is 0 Å². The summed E-state index contributed by atoms with van der Waals surface area (Å²) in [5.41, 5.74) is 5.28. The van der Waals surface area contributed by atoms with E-state index in [4.69, 9.17) is 15.2 Å². The molecule has 0 radical (unpaired) electrons. The van der Waals surface area contributed by atoms with Gasteiger partial charge in [-0.15, -0.1) is 11.3 Å². The molecule has 2 aromatic heterocycles. The van der Waals surface area contributed by atoms with Crippen molar-refractivity contribution in [3.63, 3.8) is 0 Å². The van der Waals surface area contributed by atoms with Gasteiger partial charge in [-0.1, -0.05) is 0 Å². The van der Waals surface area contributed by atoms with Gasteiger partial charge in [0.25, 0.3) is 6.43 Å². The summed E-state index contributed by atoms with van der Waals surface area (Å²) in [6.07, 6.45) is -2.06. The summed E-state index contributed by atoms with van der Waals surface area (Å²) in [7, 11) is 0. The second-order valence-corrected chi connectivity index (χ2v) is 7.44. The highest BCUT2D eigenvalue weighted by Gasteiger charge is 2.42. The molecule has 1 fully saturated rings. The van der Waals surface area contributed by atoms with Gasteiger partial charge in [-0.05, 0) is 6.92 Å². The number of alkyl halides is 2. The molecular weight excluding hydrogens is 396 g/mol. The Hall–Kier alpha value is -2.89. The van der Waals surface area contributed by atoms with Crippen LogP contribution < -0.4 is 20.7 Å². The number of anilines is 2. The van der Waals surface area contributed by atoms with Crippen molar-refractivity contribution in [3.8, 4) is 16.5 Å². The lowest BCUT2D eigenvalue weighted by Crippen LogP contribution is -2.38. The standard InChI is InChI=1S/C16H17F2N5O4S/c1-7(14(19)24)20-11-4-9-12(28-11)15-21-10(5-22(15)2-3-26-9)23-8(13(17)18)6-27-16(23)25/h4-5,7-8,13,20H,2-3,6H2,1H3,(H2,19,24)/t7-,8?/m0/s1. The summed E-state index contributed by atoms with van der Waals surface area (Å²) in [5, 5.41) is 3.64. The van der Waals surface area contributed by atoms with Gasteiger partial charge in [-0.25, -0.2) is 23.5 Å². The lowest BCUT2D eigenvalue weighted by Gasteiger charge is -2.17. The fraction of sp³-hybridized carbons (Fsp3) is 0.438. The quantitative estimate of drug-likeness (QED) is 0.774. The van der Waals surface area contributed by atoms with Crippen LogP contribution in [0.1, 0.15) is 6.92 Å². The number of fused-ring (bicyclic) bond motifs is 3. The number of amides is 2. The number of nitrogens with two attached hydrogens (primary N) is 1. The van der Waals surface area contributed by atoms with E-state index in [0.29, 0.717) is 34.6 Å². The zero-order valence-electron chi connectivity index (χ0n) is 14.7. The molecule has 12 heteroatoms. The van der Waals surface area contributed by atoms with Gasteiger partial charge in [0.2, 0.25) is 5.91 Å². The van der Waals surface area contributed by atoms with Gasteiger partial charge in [0.05, 0.1) is 11.5 Å². The minimum absolute atomic E-state index is 0.101. The Morgan fingerprint density at radius 2 is 2.25 bits per heavy atom. The Morgan fingerprint density at radius 1 is 1.46 bits per heavy atom. The Morgan fingerprint density at radius 3 is 2.96 bits per heavy atom. The molecule has 0 aliphatic carbocycles. The third kappa shape index (κ3) is 3.13. The fourth-order valence-electron chi connectivity index (χ4n) is 3.00. The van der Waals surface area contributed by atoms with Crippen LogP contribution in [0.15, 0.2) is 12.3 Å². The molecule has 2 atom stereocenters. The zero-order chi connectivity index (χ0) is 20.0. The summed E-state index contributed by atoms with van der Waals surface area (Å²) >= 11 is 1.29. The number of hydrogen-bond acceptors (Lipinski definition) is 7. The molecule has 1 saturated heterocycles. The van der Waals surface area contributed by atoms with Crippen LogP contribution in [0.5, 0.6) is 5.75 Å². The highest BCUT2D eigenvalue weighted by atomic mass is 32.1. The highest BCUT2D eigenvalue weighted by Crippen LogP contribution is 2.43. The van der Waals surface area contributed by atoms with Crippen LogP contribution in [0.4, 0.5) is 24.4 Å². The van der Waals surface area contributed by atoms with E-state index in [9.17, 15) is 18.4 Å². The molecule has 2 aliphatic heterocycles. The van der Waals surface area contributed by atoms with Gasteiger partial charge in [0.15, 0.2) is 11.6 Å². The van der Waals surface area contributed by atoms with Crippen LogP contribution in [0.2, 0.25) is 0 Å². The molecule has 4 rings (SSSR count). The van der Waals surface area contributed by atoms with Gasteiger partial charge in [0.1, 0.15) is 35.9 Å². The Balaban J connectivity index is 1.69. The van der Waals surface area contributed by atoms with Crippen molar-refractivity contribution >= 4 is 34.2 Å². The first-order valence-electron chi connectivity index (χ1n) is 8.49. The van der Waals surface area contributed by atoms with Crippen LogP contribution in [0.25, 0.3) is 10.7 Å². The first-order valence-corrected chi connectivity index (χ1v) is 9.31. The van der Waals surface area contributed by atoms with Crippen LogP contribution in [0, 0.1) is 0 Å². The number of imidazole rings is 1. The fourth-order valence-corrected chi connectivity index (χ4v) is 4.10. The van der Waals surface area contributed by atoms with Gasteiger partial charge in [0, 0.05) is 12.3 Å². The zero-order valence-corrected chi connectivity index (χ0v) is 15.5. The molecule has 1 unspecified atom stereocenters. The maximum Gasteiger partial charge on any atom is 0.416 e. The number of rotatable bonds is 5. The summed E-state index contributed by atoms with van der Waals surface area (Å²) in [6, 6.07) is -0.224. The van der Waals surface area contributed by atoms with E-state index in [-0.39, 0.29) is 12.4 Å². The molecule has 0 aromatic carbocycles. The molecule has 2 aromatic rings. The number of cyclic esters (lactones) is 1. The van der Waals surface area contributed by atoms with E-state index in [1.807, 2.05) is 0 Å². The number of nitrogens with zero attached hydrogens (tertiary/aromatic N) is 3. The van der Waals surface area contributed by atoms with E-state index in [0.717, 1.165) is 4.90 Å². The van der Waals surface area contributed by atoms with Crippen molar-refractivity contribution in [2.24, 2.45) is 5.73 Å². The van der Waals surface area contributed by atoms with Gasteiger partial charge < -0.3 is 25.1 Å². The summed E-state index contributed by atoms with van der Waals surface area (Å²) in [4.78, 5) is 29.2. The molecule has 28 heavy (non-hydrogen) atoms. The number of carbonyl (C=O) groups is 2. The van der Waals surface area contributed by atoms with Crippen molar-refractivity contribution in [2.45, 2.75) is 32.0 Å². The van der Waals surface area contributed by atoms with E-state index in [1.165, 1.54) is 17.5 Å². The average molecular weight is 413 g/mol. The van der Waals surface area contributed by atoms with E-state index < -0.39 is 30.5 Å². The number of ether oxygens (including phenoxy) is 2. The lowest BCUT2D eigenvalue weighted by atomic mass is 10.3. The minimum atomic E-state index is -2.75. The molecule has 150 valence electrons. The molecular formula is C16H17F2N5O4S. The second-order valence-electron chi connectivity index (χ2n) is 6.39. The Bertz CT molecular complexity index is 930. The topological polar surface area (TPSA) is 112 Å². The first kappa shape index (κ1) is 18.5. The van der Waals surface area contributed by atoms with Gasteiger partial charge >= 0.3 is 6.09 Å². The van der Waals surface area contributed by atoms with Crippen molar-refractivity contribution in [2.75, 3.05) is 23.4 Å². The first-order chi connectivity index (χ1) is 13.3. The van der Waals surface area contributed by atoms with Crippen molar-refractivity contribution < 1.29 is 27.8 Å². The lowest BCUT2D eigenvalue weighted by molar-refractivity contribution is -0.118. The number of hydrogen-bond donors (Lipinski definition) is 2. The maximum atomic E-state index is 13.3. The summed E-state index contributed by atoms with van der Waals surface area (Å²) in [6.45, 7) is 2.02. The van der Waals surface area contributed by atoms with Crippen LogP contribution in [-0.4, -0.2) is 53.3 Å². The molecule has 0 saturated carbocycles. The third-order valence-corrected chi connectivity index (χ3v) is 5.53. The molecule has 2 aliphatic rings. The number of nitrogens with one attached hydrogen (secondary N) is 1. The SMILES string of the molecule is C[C@H](Nc1cc2c(s1)-c1nc(N3C(=O)OCC3C(F)F)cn1CCO2)C(N)=O. The maximum absolute atomic E-state index is 13.3. The smallest absolute Gasteiger partial charge is 0.416 e. The predicted molar refractivity (Wildman–Crippen MR) is 96.9 cm³/mol. The minimum Gasteiger partial charge on any atom is -0.490 e. The average Bonchev–Trinajstić information content (AvgIpc) is 3.30. The molecule has 0 spiro atoms. The number of carbonyl (C=O) groups excluding carboxylic acids is 2. The summed E-state index contributed by atoms with van der Waals surface area (Å²) < 4.78 is 38.7. The number of thiophene rings is 1. The third-order valence-electron chi connectivity index (χ3n) is 4.48. The van der Waals surface area contributed by atoms with Crippen LogP contribution >= 0.6 is 11.3 Å². The van der Waals surface area contributed by atoms with E-state index in [2.05, 4.69) is 10.3 Å². The monoisotopic (exact) mass is 413 g/mol. The summed E-state index contributed by atoms with van der Waals surface area (Å²) in [5.74, 6) is 0.637. The second kappa shape index (κ2) is 6.93. The molecule has 4 heterocycles. The van der Waals surface area contributed by atoms with Crippen molar-refractivity contribution in [1.82, 2.24) is 9.55 Å². The Labute approximate surface area is 162 Å². The molecule has 3 N–H and O–H groups in total. The van der Waals surface area contributed by atoms with Gasteiger partial charge in [-0.2, -0.15) is 0 Å². The molecule has 2 amide bonds. The Kier molecular flexibility index (Phi) is 4.57.